The highest BCUT2D eigenvalue weighted by molar-refractivity contribution is 6.03. The van der Waals surface area contributed by atoms with E-state index in [1.54, 1.807) is 6.92 Å². The van der Waals surface area contributed by atoms with Crippen molar-refractivity contribution in [2.45, 2.75) is 20.8 Å². The third-order valence-electron chi connectivity index (χ3n) is 3.85. The molecule has 1 amide bonds. The fourth-order valence-electron chi connectivity index (χ4n) is 2.73. The van der Waals surface area contributed by atoms with Crippen LogP contribution in [0.1, 0.15) is 27.3 Å². The van der Waals surface area contributed by atoms with Gasteiger partial charge in [0, 0.05) is 11.4 Å². The number of carbonyl (C=O) groups is 1. The molecule has 0 atom stereocenters. The standard InChI is InChI=1S/C20H17F3N4O/c1-10-6-11(2)8-13(7-10)25-19(28)16-9-12(3)24-20(27-16)26-15-5-4-14(21)17(22)18(15)23/h4-9H,1-3H3,(H,25,28)(H,24,26,27). The third-order valence-corrected chi connectivity index (χ3v) is 3.85. The number of anilines is 3. The second-order valence-electron chi connectivity index (χ2n) is 6.40. The van der Waals surface area contributed by atoms with Gasteiger partial charge in [-0.15, -0.1) is 0 Å². The van der Waals surface area contributed by atoms with Crippen LogP contribution in [0.3, 0.4) is 0 Å². The Labute approximate surface area is 159 Å². The summed E-state index contributed by atoms with van der Waals surface area (Å²) in [5, 5.41) is 5.22. The van der Waals surface area contributed by atoms with Gasteiger partial charge in [-0.05, 0) is 62.2 Å². The summed E-state index contributed by atoms with van der Waals surface area (Å²) in [6.45, 7) is 5.45. The van der Waals surface area contributed by atoms with Gasteiger partial charge in [0.2, 0.25) is 5.95 Å². The number of hydrogen-bond acceptors (Lipinski definition) is 4. The van der Waals surface area contributed by atoms with E-state index in [2.05, 4.69) is 20.6 Å². The maximum atomic E-state index is 13.9. The zero-order valence-corrected chi connectivity index (χ0v) is 15.4. The number of aryl methyl sites for hydroxylation is 3. The molecule has 28 heavy (non-hydrogen) atoms. The first-order valence-electron chi connectivity index (χ1n) is 8.39. The van der Waals surface area contributed by atoms with Crippen molar-refractivity contribution in [2.24, 2.45) is 0 Å². The minimum absolute atomic E-state index is 0.0390. The Balaban J connectivity index is 1.87. The van der Waals surface area contributed by atoms with Gasteiger partial charge in [0.25, 0.3) is 5.91 Å². The number of hydrogen-bond donors (Lipinski definition) is 2. The van der Waals surface area contributed by atoms with Gasteiger partial charge in [0.15, 0.2) is 17.5 Å². The topological polar surface area (TPSA) is 66.9 Å². The van der Waals surface area contributed by atoms with Gasteiger partial charge in [0.05, 0.1) is 5.69 Å². The number of aromatic nitrogens is 2. The summed E-state index contributed by atoms with van der Waals surface area (Å²) in [6.07, 6.45) is 0. The van der Waals surface area contributed by atoms with E-state index >= 15 is 0 Å². The molecule has 0 aliphatic carbocycles. The number of rotatable bonds is 4. The van der Waals surface area contributed by atoms with Crippen molar-refractivity contribution in [1.29, 1.82) is 0 Å². The highest BCUT2D eigenvalue weighted by Gasteiger charge is 2.16. The van der Waals surface area contributed by atoms with Gasteiger partial charge in [-0.25, -0.2) is 23.1 Å². The Morgan fingerprint density at radius 2 is 1.57 bits per heavy atom. The normalized spacial score (nSPS) is 10.6. The number of nitrogens with zero attached hydrogens (tertiary/aromatic N) is 2. The summed E-state index contributed by atoms with van der Waals surface area (Å²) in [5.74, 6) is -4.90. The number of amides is 1. The molecule has 144 valence electrons. The fourth-order valence-corrected chi connectivity index (χ4v) is 2.73. The molecule has 8 heteroatoms. The highest BCUT2D eigenvalue weighted by Crippen LogP contribution is 2.22. The molecular formula is C20H17F3N4O. The zero-order valence-electron chi connectivity index (χ0n) is 15.4. The van der Waals surface area contributed by atoms with E-state index in [9.17, 15) is 18.0 Å². The van der Waals surface area contributed by atoms with E-state index in [4.69, 9.17) is 0 Å². The first kappa shape index (κ1) is 19.3. The molecule has 0 fully saturated rings. The number of nitrogens with one attached hydrogen (secondary N) is 2. The lowest BCUT2D eigenvalue weighted by Gasteiger charge is -2.11. The van der Waals surface area contributed by atoms with E-state index in [0.29, 0.717) is 11.4 Å². The van der Waals surface area contributed by atoms with E-state index in [1.165, 1.54) is 6.07 Å². The minimum atomic E-state index is -1.61. The molecule has 0 bridgehead atoms. The Kier molecular flexibility index (Phi) is 5.30. The van der Waals surface area contributed by atoms with Crippen LogP contribution in [0.25, 0.3) is 0 Å². The van der Waals surface area contributed by atoms with Crippen LogP contribution in [0, 0.1) is 38.2 Å². The highest BCUT2D eigenvalue weighted by atomic mass is 19.2. The first-order valence-corrected chi connectivity index (χ1v) is 8.39. The van der Waals surface area contributed by atoms with Crippen molar-refractivity contribution in [2.75, 3.05) is 10.6 Å². The van der Waals surface area contributed by atoms with E-state index in [-0.39, 0.29) is 17.3 Å². The Morgan fingerprint density at radius 1 is 0.893 bits per heavy atom. The Hall–Kier alpha value is -3.42. The van der Waals surface area contributed by atoms with Crippen LogP contribution >= 0.6 is 0 Å². The summed E-state index contributed by atoms with van der Waals surface area (Å²) < 4.78 is 40.3. The van der Waals surface area contributed by atoms with Crippen molar-refractivity contribution >= 4 is 23.2 Å². The summed E-state index contributed by atoms with van der Waals surface area (Å²) in [7, 11) is 0. The average Bonchev–Trinajstić information content (AvgIpc) is 2.61. The molecule has 3 aromatic rings. The van der Waals surface area contributed by atoms with Gasteiger partial charge < -0.3 is 10.6 Å². The monoisotopic (exact) mass is 386 g/mol. The largest absolute Gasteiger partial charge is 0.322 e. The van der Waals surface area contributed by atoms with Crippen molar-refractivity contribution in [1.82, 2.24) is 9.97 Å². The summed E-state index contributed by atoms with van der Waals surface area (Å²) >= 11 is 0. The lowest BCUT2D eigenvalue weighted by Crippen LogP contribution is -2.16. The molecule has 3 rings (SSSR count). The second-order valence-corrected chi connectivity index (χ2v) is 6.40. The lowest BCUT2D eigenvalue weighted by molar-refractivity contribution is 0.102. The zero-order chi connectivity index (χ0) is 20.4. The average molecular weight is 386 g/mol. The maximum absolute atomic E-state index is 13.9. The van der Waals surface area contributed by atoms with Crippen molar-refractivity contribution in [3.05, 3.63) is 76.4 Å². The van der Waals surface area contributed by atoms with E-state index < -0.39 is 23.4 Å². The van der Waals surface area contributed by atoms with Crippen LogP contribution in [0.2, 0.25) is 0 Å². The van der Waals surface area contributed by atoms with Crippen molar-refractivity contribution < 1.29 is 18.0 Å². The predicted octanol–water partition coefficient (Wildman–Crippen LogP) is 4.82. The van der Waals surface area contributed by atoms with Gasteiger partial charge in [-0.3, -0.25) is 4.79 Å². The van der Waals surface area contributed by atoms with E-state index in [0.717, 1.165) is 23.3 Å². The van der Waals surface area contributed by atoms with Crippen LogP contribution in [0.5, 0.6) is 0 Å². The first-order chi connectivity index (χ1) is 13.2. The van der Waals surface area contributed by atoms with Crippen LogP contribution in [-0.4, -0.2) is 15.9 Å². The van der Waals surface area contributed by atoms with Crippen LogP contribution in [-0.2, 0) is 0 Å². The molecule has 5 nitrogen and oxygen atoms in total. The Morgan fingerprint density at radius 3 is 2.25 bits per heavy atom. The quantitative estimate of drug-likeness (QED) is 0.631. The summed E-state index contributed by atoms with van der Waals surface area (Å²) in [6, 6.07) is 8.87. The molecule has 0 aliphatic rings. The van der Waals surface area contributed by atoms with Gasteiger partial charge in [-0.1, -0.05) is 6.07 Å². The van der Waals surface area contributed by atoms with Crippen LogP contribution in [0.15, 0.2) is 36.4 Å². The SMILES string of the molecule is Cc1cc(C)cc(NC(=O)c2cc(C)nc(Nc3ccc(F)c(F)c3F)n2)c1. The van der Waals surface area contributed by atoms with Crippen LogP contribution < -0.4 is 10.6 Å². The predicted molar refractivity (Wildman–Crippen MR) is 100 cm³/mol. The molecule has 0 aliphatic heterocycles. The molecule has 0 unspecified atom stereocenters. The molecule has 2 aromatic carbocycles. The van der Waals surface area contributed by atoms with Gasteiger partial charge in [-0.2, -0.15) is 0 Å². The maximum Gasteiger partial charge on any atom is 0.274 e. The molecule has 0 saturated carbocycles. The summed E-state index contributed by atoms with van der Waals surface area (Å²) in [5.41, 5.74) is 2.73. The van der Waals surface area contributed by atoms with Crippen LogP contribution in [0.4, 0.5) is 30.5 Å². The molecule has 1 aromatic heterocycles. The molecule has 0 saturated heterocycles. The Bertz CT molecular complexity index is 1050. The molecule has 0 radical (unpaired) electrons. The molecule has 1 heterocycles. The fraction of sp³-hybridized carbons (Fsp3) is 0.150. The number of benzene rings is 2. The number of halogens is 3. The van der Waals surface area contributed by atoms with E-state index in [1.807, 2.05) is 32.0 Å². The lowest BCUT2D eigenvalue weighted by atomic mass is 10.1. The number of carbonyl (C=O) groups excluding carboxylic acids is 1. The van der Waals surface area contributed by atoms with Gasteiger partial charge in [0.1, 0.15) is 5.69 Å². The molecule has 0 spiro atoms. The van der Waals surface area contributed by atoms with Gasteiger partial charge >= 0.3 is 0 Å². The minimum Gasteiger partial charge on any atom is -0.322 e. The third kappa shape index (κ3) is 4.28. The van der Waals surface area contributed by atoms with Crippen molar-refractivity contribution in [3.63, 3.8) is 0 Å². The van der Waals surface area contributed by atoms with Crippen molar-refractivity contribution in [3.8, 4) is 0 Å². The summed E-state index contributed by atoms with van der Waals surface area (Å²) in [4.78, 5) is 20.6. The smallest absolute Gasteiger partial charge is 0.274 e. The molecular weight excluding hydrogens is 369 g/mol. The second kappa shape index (κ2) is 7.67. The molecule has 2 N–H and O–H groups in total.